The van der Waals surface area contributed by atoms with Crippen molar-refractivity contribution >= 4 is 22.7 Å². The van der Waals surface area contributed by atoms with Crippen LogP contribution in [0.3, 0.4) is 0 Å². The maximum Gasteiger partial charge on any atom is 0.437 e. The Labute approximate surface area is 215 Å². The second-order valence-corrected chi connectivity index (χ2v) is 10.2. The van der Waals surface area contributed by atoms with Crippen LogP contribution in [0.5, 0.6) is 17.2 Å². The fourth-order valence-corrected chi connectivity index (χ4v) is 6.07. The van der Waals surface area contributed by atoms with Crippen molar-refractivity contribution in [1.82, 2.24) is 0 Å². The number of aryl methyl sites for hydroxylation is 2. The maximum atomic E-state index is 12.5. The number of carbonyl (C=O) groups is 1. The Morgan fingerprint density at radius 3 is 2.54 bits per heavy atom. The van der Waals surface area contributed by atoms with Crippen LogP contribution in [0, 0.1) is 0 Å². The van der Waals surface area contributed by atoms with Gasteiger partial charge in [-0.2, -0.15) is 0 Å². The number of hydrogen-bond donors (Lipinski definition) is 1. The number of methoxy groups -OCH3 is 2. The molecule has 1 saturated carbocycles. The molecule has 1 aliphatic heterocycles. The molecular formula is C29H32N2O6. The van der Waals surface area contributed by atoms with Gasteiger partial charge in [0, 0.05) is 28.8 Å². The van der Waals surface area contributed by atoms with Crippen molar-refractivity contribution in [2.24, 2.45) is 5.16 Å². The van der Waals surface area contributed by atoms with E-state index in [9.17, 15) is 4.79 Å². The zero-order chi connectivity index (χ0) is 25.4. The lowest BCUT2D eigenvalue weighted by molar-refractivity contribution is 0.0109. The Balaban J connectivity index is 1.28. The van der Waals surface area contributed by atoms with Gasteiger partial charge in [0.2, 0.25) is 0 Å². The van der Waals surface area contributed by atoms with Crippen LogP contribution in [0.1, 0.15) is 61.6 Å². The normalized spacial score (nSPS) is 18.2. The van der Waals surface area contributed by atoms with Gasteiger partial charge >= 0.3 is 6.09 Å². The molecule has 2 heterocycles. The summed E-state index contributed by atoms with van der Waals surface area (Å²) >= 11 is 0. The molecule has 8 nitrogen and oxygen atoms in total. The molecule has 0 bridgehead atoms. The first kappa shape index (κ1) is 23.7. The van der Waals surface area contributed by atoms with Gasteiger partial charge in [-0.15, -0.1) is 0 Å². The molecule has 37 heavy (non-hydrogen) atoms. The average molecular weight is 505 g/mol. The molecule has 0 atom stereocenters. The number of fused-ring (bicyclic) bond motifs is 4. The standard InChI is InChI=1S/C29H32N2O6/c1-33-23-10-9-19(16-26(23)34-2)30-28(32)37-31-27-21-8-6-7-20(21)22-15-18-11-14-29(12-4-3-5-13-29)36-24(18)17-25(22)35-27/h9-10,15-17H,3-8,11-14H2,1-2H3,(H,30,32). The molecule has 8 heteroatoms. The molecule has 1 spiro atoms. The predicted molar refractivity (Wildman–Crippen MR) is 138 cm³/mol. The third-order valence-corrected chi connectivity index (χ3v) is 7.95. The lowest BCUT2D eigenvalue weighted by Gasteiger charge is -2.41. The molecule has 2 aliphatic carbocycles. The first-order chi connectivity index (χ1) is 18.1. The van der Waals surface area contributed by atoms with E-state index in [1.54, 1.807) is 25.3 Å². The quantitative estimate of drug-likeness (QED) is 0.345. The summed E-state index contributed by atoms with van der Waals surface area (Å²) in [6, 6.07) is 9.31. The van der Waals surface area contributed by atoms with Crippen LogP contribution in [0.25, 0.3) is 11.0 Å². The molecule has 1 aromatic heterocycles. The first-order valence-corrected chi connectivity index (χ1v) is 13.1. The topological polar surface area (TPSA) is 91.5 Å². The summed E-state index contributed by atoms with van der Waals surface area (Å²) in [6.07, 6.45) is 10.2. The number of benzene rings is 2. The van der Waals surface area contributed by atoms with Crippen molar-refractivity contribution in [1.29, 1.82) is 0 Å². The summed E-state index contributed by atoms with van der Waals surface area (Å²) < 4.78 is 23.4. The molecule has 0 radical (unpaired) electrons. The second-order valence-electron chi connectivity index (χ2n) is 10.2. The van der Waals surface area contributed by atoms with Crippen LogP contribution in [0.4, 0.5) is 10.5 Å². The fourth-order valence-electron chi connectivity index (χ4n) is 6.07. The molecule has 3 aliphatic rings. The largest absolute Gasteiger partial charge is 0.493 e. The molecule has 1 fully saturated rings. The highest BCUT2D eigenvalue weighted by Crippen LogP contribution is 2.43. The lowest BCUT2D eigenvalue weighted by Crippen LogP contribution is -2.41. The van der Waals surface area contributed by atoms with Crippen LogP contribution in [-0.4, -0.2) is 25.9 Å². The Hall–Kier alpha value is -3.68. The van der Waals surface area contributed by atoms with E-state index in [4.69, 9.17) is 23.5 Å². The summed E-state index contributed by atoms with van der Waals surface area (Å²) in [6.45, 7) is 0. The van der Waals surface area contributed by atoms with Crippen LogP contribution in [-0.2, 0) is 24.1 Å². The van der Waals surface area contributed by atoms with Crippen LogP contribution in [0.15, 0.2) is 39.9 Å². The van der Waals surface area contributed by atoms with Crippen molar-refractivity contribution < 1.29 is 28.3 Å². The number of nitrogens with zero attached hydrogens (tertiary/aromatic N) is 1. The summed E-state index contributed by atoms with van der Waals surface area (Å²) in [7, 11) is 3.09. The van der Waals surface area contributed by atoms with Crippen LogP contribution in [0.2, 0.25) is 0 Å². The highest BCUT2D eigenvalue weighted by Gasteiger charge is 2.38. The highest BCUT2D eigenvalue weighted by molar-refractivity contribution is 5.85. The second kappa shape index (κ2) is 9.65. The number of anilines is 1. The van der Waals surface area contributed by atoms with Gasteiger partial charge in [0.15, 0.2) is 11.5 Å². The van der Waals surface area contributed by atoms with Crippen molar-refractivity contribution in [3.05, 3.63) is 52.6 Å². The number of rotatable bonds is 4. The highest BCUT2D eigenvalue weighted by atomic mass is 16.7. The lowest BCUT2D eigenvalue weighted by atomic mass is 9.79. The van der Waals surface area contributed by atoms with Crippen molar-refractivity contribution in [2.75, 3.05) is 19.5 Å². The Morgan fingerprint density at radius 2 is 1.73 bits per heavy atom. The van der Waals surface area contributed by atoms with Crippen molar-refractivity contribution in [2.45, 2.75) is 69.8 Å². The molecule has 1 amide bonds. The number of nitrogens with one attached hydrogen (secondary N) is 1. The number of hydrogen-bond acceptors (Lipinski definition) is 7. The summed E-state index contributed by atoms with van der Waals surface area (Å²) in [4.78, 5) is 17.7. The van der Waals surface area contributed by atoms with E-state index >= 15 is 0 Å². The van der Waals surface area contributed by atoms with Crippen molar-refractivity contribution in [3.63, 3.8) is 0 Å². The number of amides is 1. The Morgan fingerprint density at radius 1 is 0.919 bits per heavy atom. The van der Waals surface area contributed by atoms with Crippen molar-refractivity contribution in [3.8, 4) is 17.2 Å². The van der Waals surface area contributed by atoms with Gasteiger partial charge in [0.25, 0.3) is 5.55 Å². The maximum absolute atomic E-state index is 12.5. The summed E-state index contributed by atoms with van der Waals surface area (Å²) in [5.74, 6) is 1.98. The smallest absolute Gasteiger partial charge is 0.437 e. The number of carbonyl (C=O) groups excluding carboxylic acids is 1. The summed E-state index contributed by atoms with van der Waals surface area (Å²) in [5, 5.41) is 7.90. The molecule has 194 valence electrons. The zero-order valence-electron chi connectivity index (χ0n) is 21.4. The Bertz CT molecular complexity index is 1420. The van der Waals surface area contributed by atoms with E-state index < -0.39 is 6.09 Å². The SMILES string of the molecule is COc1ccc(NC(=O)ON=c2oc3cc4c(cc3c3c2CCC3)CCC2(CCCCC2)O4)cc1OC. The zero-order valence-corrected chi connectivity index (χ0v) is 21.4. The van der Waals surface area contributed by atoms with Gasteiger partial charge in [-0.3, -0.25) is 10.2 Å². The first-order valence-electron chi connectivity index (χ1n) is 13.1. The molecule has 0 unspecified atom stereocenters. The third-order valence-electron chi connectivity index (χ3n) is 7.95. The predicted octanol–water partition coefficient (Wildman–Crippen LogP) is 6.03. The van der Waals surface area contributed by atoms with E-state index in [2.05, 4.69) is 16.5 Å². The minimum atomic E-state index is -0.720. The fraction of sp³-hybridized carbons (Fsp3) is 0.448. The molecular weight excluding hydrogens is 472 g/mol. The average Bonchev–Trinajstić information content (AvgIpc) is 3.42. The van der Waals surface area contributed by atoms with E-state index in [0.29, 0.717) is 22.7 Å². The minimum absolute atomic E-state index is 0.0335. The molecule has 6 rings (SSSR count). The van der Waals surface area contributed by atoms with Crippen LogP contribution < -0.4 is 25.1 Å². The van der Waals surface area contributed by atoms with Gasteiger partial charge < -0.3 is 18.6 Å². The van der Waals surface area contributed by atoms with E-state index in [1.165, 1.54) is 37.5 Å². The van der Waals surface area contributed by atoms with E-state index in [1.807, 2.05) is 6.07 Å². The monoisotopic (exact) mass is 504 g/mol. The summed E-state index contributed by atoms with van der Waals surface area (Å²) in [5.41, 5.74) is 5.01. The van der Waals surface area contributed by atoms with Gasteiger partial charge in [-0.25, -0.2) is 4.79 Å². The van der Waals surface area contributed by atoms with Gasteiger partial charge in [0.1, 0.15) is 16.9 Å². The van der Waals surface area contributed by atoms with Gasteiger partial charge in [-0.1, -0.05) is 6.42 Å². The van der Waals surface area contributed by atoms with E-state index in [-0.39, 0.29) is 5.60 Å². The van der Waals surface area contributed by atoms with Gasteiger partial charge in [-0.05, 0) is 92.3 Å². The molecule has 2 aromatic carbocycles. The molecule has 1 N–H and O–H groups in total. The third kappa shape index (κ3) is 4.49. The molecule has 3 aromatic rings. The van der Waals surface area contributed by atoms with Crippen LogP contribution >= 0.6 is 0 Å². The molecule has 0 saturated heterocycles. The van der Waals surface area contributed by atoms with E-state index in [0.717, 1.165) is 67.2 Å². The minimum Gasteiger partial charge on any atom is -0.493 e. The number of ether oxygens (including phenoxy) is 3. The van der Waals surface area contributed by atoms with Gasteiger partial charge in [0.05, 0.1) is 14.2 Å². The Kier molecular flexibility index (Phi) is 6.18.